The Bertz CT molecular complexity index is 578. The van der Waals surface area contributed by atoms with E-state index in [4.69, 9.17) is 4.74 Å². The van der Waals surface area contributed by atoms with E-state index >= 15 is 0 Å². The molecule has 2 aromatic rings. The maximum absolute atomic E-state index is 13.5. The molecule has 0 spiro atoms. The van der Waals surface area contributed by atoms with Gasteiger partial charge < -0.3 is 4.74 Å². The minimum absolute atomic E-state index is 0.259. The van der Waals surface area contributed by atoms with E-state index < -0.39 is 0 Å². The molecule has 0 amide bonds. The second-order valence-corrected chi connectivity index (χ2v) is 4.70. The first-order valence-corrected chi connectivity index (χ1v) is 6.25. The van der Waals surface area contributed by atoms with Crippen molar-refractivity contribution in [2.75, 3.05) is 7.11 Å². The maximum Gasteiger partial charge on any atom is 0.165 e. The third-order valence-electron chi connectivity index (χ3n) is 2.49. The number of rotatable bonds is 3. The van der Waals surface area contributed by atoms with Crippen molar-refractivity contribution in [3.05, 3.63) is 63.9 Å². The minimum atomic E-state index is -0.353. The smallest absolute Gasteiger partial charge is 0.165 e. The lowest BCUT2D eigenvalue weighted by Crippen LogP contribution is -1.87. The summed E-state index contributed by atoms with van der Waals surface area (Å²) in [5.41, 5.74) is 1.86. The van der Waals surface area contributed by atoms with Crippen LogP contribution in [0.3, 0.4) is 0 Å². The SMILES string of the molecule is COc1ccc(C=Cc2cccc(Br)c2)cc1F. The van der Waals surface area contributed by atoms with Crippen LogP contribution in [0.5, 0.6) is 5.75 Å². The zero-order chi connectivity index (χ0) is 13.0. The maximum atomic E-state index is 13.5. The summed E-state index contributed by atoms with van der Waals surface area (Å²) in [5, 5.41) is 0. The number of ether oxygens (including phenoxy) is 1. The van der Waals surface area contributed by atoms with Crippen LogP contribution in [0.1, 0.15) is 11.1 Å². The third-order valence-corrected chi connectivity index (χ3v) is 2.99. The van der Waals surface area contributed by atoms with Crippen molar-refractivity contribution in [1.29, 1.82) is 0 Å². The Morgan fingerprint density at radius 2 is 1.78 bits per heavy atom. The summed E-state index contributed by atoms with van der Waals surface area (Å²) in [6, 6.07) is 12.8. The van der Waals surface area contributed by atoms with E-state index in [-0.39, 0.29) is 11.6 Å². The van der Waals surface area contributed by atoms with E-state index in [9.17, 15) is 4.39 Å². The Kier molecular flexibility index (Phi) is 4.15. The number of methoxy groups -OCH3 is 1. The quantitative estimate of drug-likeness (QED) is 0.742. The Hall–Kier alpha value is -1.61. The molecule has 0 aliphatic heterocycles. The Morgan fingerprint density at radius 3 is 2.39 bits per heavy atom. The van der Waals surface area contributed by atoms with Gasteiger partial charge in [-0.2, -0.15) is 0 Å². The summed E-state index contributed by atoms with van der Waals surface area (Å²) in [6.45, 7) is 0. The molecule has 0 fully saturated rings. The van der Waals surface area contributed by atoms with Crippen LogP contribution in [0.25, 0.3) is 12.2 Å². The molecule has 3 heteroatoms. The van der Waals surface area contributed by atoms with Crippen molar-refractivity contribution in [3.8, 4) is 5.75 Å². The van der Waals surface area contributed by atoms with E-state index in [2.05, 4.69) is 15.9 Å². The molecular formula is C15H12BrFO. The van der Waals surface area contributed by atoms with Crippen LogP contribution >= 0.6 is 15.9 Å². The molecule has 0 saturated heterocycles. The average Bonchev–Trinajstić information content (AvgIpc) is 2.37. The van der Waals surface area contributed by atoms with Gasteiger partial charge in [0.1, 0.15) is 0 Å². The first-order valence-electron chi connectivity index (χ1n) is 5.46. The number of hydrogen-bond acceptors (Lipinski definition) is 1. The number of halogens is 2. The van der Waals surface area contributed by atoms with Crippen molar-refractivity contribution in [3.63, 3.8) is 0 Å². The lowest BCUT2D eigenvalue weighted by Gasteiger charge is -2.02. The summed E-state index contributed by atoms with van der Waals surface area (Å²) in [4.78, 5) is 0. The van der Waals surface area contributed by atoms with Crippen LogP contribution in [0, 0.1) is 5.82 Å². The fourth-order valence-electron chi connectivity index (χ4n) is 1.59. The Balaban J connectivity index is 2.21. The highest BCUT2D eigenvalue weighted by atomic mass is 79.9. The van der Waals surface area contributed by atoms with Gasteiger partial charge in [-0.3, -0.25) is 0 Å². The topological polar surface area (TPSA) is 9.23 Å². The lowest BCUT2D eigenvalue weighted by molar-refractivity contribution is 0.386. The molecule has 0 bridgehead atoms. The number of hydrogen-bond donors (Lipinski definition) is 0. The second-order valence-electron chi connectivity index (χ2n) is 3.78. The van der Waals surface area contributed by atoms with Gasteiger partial charge in [0.15, 0.2) is 11.6 Å². The summed E-state index contributed by atoms with van der Waals surface area (Å²) >= 11 is 3.41. The van der Waals surface area contributed by atoms with Gasteiger partial charge >= 0.3 is 0 Å². The van der Waals surface area contributed by atoms with Gasteiger partial charge in [-0.25, -0.2) is 4.39 Å². The van der Waals surface area contributed by atoms with Gasteiger partial charge in [0.2, 0.25) is 0 Å². The molecule has 0 radical (unpaired) electrons. The van der Waals surface area contributed by atoms with Crippen molar-refractivity contribution >= 4 is 28.1 Å². The molecule has 0 N–H and O–H groups in total. The van der Waals surface area contributed by atoms with Gasteiger partial charge in [0.25, 0.3) is 0 Å². The van der Waals surface area contributed by atoms with E-state index in [1.54, 1.807) is 6.07 Å². The minimum Gasteiger partial charge on any atom is -0.494 e. The van der Waals surface area contributed by atoms with Crippen LogP contribution in [0.2, 0.25) is 0 Å². The lowest BCUT2D eigenvalue weighted by atomic mass is 10.1. The highest BCUT2D eigenvalue weighted by Crippen LogP contribution is 2.19. The molecule has 0 aliphatic carbocycles. The monoisotopic (exact) mass is 306 g/mol. The van der Waals surface area contributed by atoms with Crippen LogP contribution < -0.4 is 4.74 Å². The summed E-state index contributed by atoms with van der Waals surface area (Å²) in [5.74, 6) is -0.0940. The molecule has 92 valence electrons. The normalized spacial score (nSPS) is 10.8. The van der Waals surface area contributed by atoms with E-state index in [1.165, 1.54) is 13.2 Å². The Morgan fingerprint density at radius 1 is 1.06 bits per heavy atom. The molecule has 0 aromatic heterocycles. The molecule has 0 atom stereocenters. The van der Waals surface area contributed by atoms with Gasteiger partial charge in [0.05, 0.1) is 7.11 Å². The molecule has 0 aliphatic rings. The van der Waals surface area contributed by atoms with Crippen molar-refractivity contribution in [2.24, 2.45) is 0 Å². The molecule has 0 unspecified atom stereocenters. The fourth-order valence-corrected chi connectivity index (χ4v) is 2.01. The van der Waals surface area contributed by atoms with Crippen molar-refractivity contribution < 1.29 is 9.13 Å². The molecule has 1 nitrogen and oxygen atoms in total. The number of benzene rings is 2. The van der Waals surface area contributed by atoms with Gasteiger partial charge in [-0.15, -0.1) is 0 Å². The highest BCUT2D eigenvalue weighted by molar-refractivity contribution is 9.10. The molecule has 0 saturated carbocycles. The van der Waals surface area contributed by atoms with E-state index in [0.717, 1.165) is 15.6 Å². The zero-order valence-electron chi connectivity index (χ0n) is 9.86. The summed E-state index contributed by atoms with van der Waals surface area (Å²) in [6.07, 6.45) is 3.80. The molecular weight excluding hydrogens is 295 g/mol. The van der Waals surface area contributed by atoms with E-state index in [0.29, 0.717) is 0 Å². The Labute approximate surface area is 114 Å². The van der Waals surface area contributed by atoms with Gasteiger partial charge in [-0.05, 0) is 35.4 Å². The molecule has 0 heterocycles. The van der Waals surface area contributed by atoms with Crippen LogP contribution in [-0.2, 0) is 0 Å². The molecule has 2 aromatic carbocycles. The predicted molar refractivity (Wildman–Crippen MR) is 76.0 cm³/mol. The molecule has 2 rings (SSSR count). The van der Waals surface area contributed by atoms with Crippen LogP contribution in [0.4, 0.5) is 4.39 Å². The first-order chi connectivity index (χ1) is 8.69. The van der Waals surface area contributed by atoms with Crippen molar-refractivity contribution in [2.45, 2.75) is 0 Å². The van der Waals surface area contributed by atoms with Gasteiger partial charge in [0, 0.05) is 4.47 Å². The zero-order valence-corrected chi connectivity index (χ0v) is 11.4. The summed E-state index contributed by atoms with van der Waals surface area (Å²) < 4.78 is 19.4. The van der Waals surface area contributed by atoms with Gasteiger partial charge in [-0.1, -0.05) is 46.3 Å². The standard InChI is InChI=1S/C15H12BrFO/c1-18-15-8-7-12(10-14(15)17)6-5-11-3-2-4-13(16)9-11/h2-10H,1H3. The van der Waals surface area contributed by atoms with Crippen LogP contribution in [-0.4, -0.2) is 7.11 Å². The van der Waals surface area contributed by atoms with Crippen molar-refractivity contribution in [1.82, 2.24) is 0 Å². The highest BCUT2D eigenvalue weighted by Gasteiger charge is 2.01. The second kappa shape index (κ2) is 5.83. The first kappa shape index (κ1) is 12.8. The third kappa shape index (κ3) is 3.20. The average molecular weight is 307 g/mol. The van der Waals surface area contributed by atoms with E-state index in [1.807, 2.05) is 42.5 Å². The van der Waals surface area contributed by atoms with Crippen LogP contribution in [0.15, 0.2) is 46.9 Å². The predicted octanol–water partition coefficient (Wildman–Crippen LogP) is 4.77. The largest absolute Gasteiger partial charge is 0.494 e. The summed E-state index contributed by atoms with van der Waals surface area (Å²) in [7, 11) is 1.45. The molecule has 18 heavy (non-hydrogen) atoms. The fraction of sp³-hybridized carbons (Fsp3) is 0.0667.